The van der Waals surface area contributed by atoms with Gasteiger partial charge in [-0.05, 0) is 17.8 Å². The Balaban J connectivity index is 3.80. The van der Waals surface area contributed by atoms with Crippen LogP contribution in [0.2, 0.25) is 0 Å². The summed E-state index contributed by atoms with van der Waals surface area (Å²) in [4.78, 5) is 10.3. The maximum Gasteiger partial charge on any atom is 0.224 e. The SMILES string of the molecule is CC(I)C(CCCI)[N+](=O)[O-]. The zero-order valence-electron chi connectivity index (χ0n) is 6.30. The number of halogens is 2. The second-order valence-corrected chi connectivity index (χ2v) is 5.40. The standard InChI is InChI=1S/C6H11I2NO2/c1-5(8)6(9(10)11)3-2-4-7/h5-6H,2-4H2,1H3. The van der Waals surface area contributed by atoms with Crippen molar-refractivity contribution in [3.8, 4) is 0 Å². The molecule has 0 N–H and O–H groups in total. The number of alkyl halides is 2. The van der Waals surface area contributed by atoms with Gasteiger partial charge in [-0.2, -0.15) is 0 Å². The van der Waals surface area contributed by atoms with E-state index in [4.69, 9.17) is 0 Å². The quantitative estimate of drug-likeness (QED) is 0.317. The molecule has 2 unspecified atom stereocenters. The van der Waals surface area contributed by atoms with Crippen LogP contribution in [0.5, 0.6) is 0 Å². The van der Waals surface area contributed by atoms with E-state index < -0.39 is 0 Å². The van der Waals surface area contributed by atoms with Gasteiger partial charge in [-0.3, -0.25) is 10.1 Å². The van der Waals surface area contributed by atoms with Gasteiger partial charge in [-0.25, -0.2) is 0 Å². The van der Waals surface area contributed by atoms with E-state index in [1.165, 1.54) is 0 Å². The van der Waals surface area contributed by atoms with Gasteiger partial charge >= 0.3 is 0 Å². The van der Waals surface area contributed by atoms with Crippen molar-refractivity contribution in [1.82, 2.24) is 0 Å². The minimum Gasteiger partial charge on any atom is -0.264 e. The van der Waals surface area contributed by atoms with Crippen molar-refractivity contribution in [2.45, 2.75) is 29.7 Å². The van der Waals surface area contributed by atoms with Crippen LogP contribution in [0.1, 0.15) is 19.8 Å². The summed E-state index contributed by atoms with van der Waals surface area (Å²) in [6.45, 7) is 1.89. The van der Waals surface area contributed by atoms with Gasteiger partial charge in [0.15, 0.2) is 0 Å². The average Bonchev–Trinajstić information content (AvgIpc) is 1.87. The summed E-state index contributed by atoms with van der Waals surface area (Å²) in [6, 6.07) is -0.356. The summed E-state index contributed by atoms with van der Waals surface area (Å²) < 4.78 is 1.14. The van der Waals surface area contributed by atoms with Gasteiger partial charge in [0.05, 0.1) is 3.92 Å². The van der Waals surface area contributed by atoms with Crippen LogP contribution in [-0.2, 0) is 0 Å². The van der Waals surface area contributed by atoms with Crippen molar-refractivity contribution >= 4 is 45.2 Å². The molecule has 0 aromatic heterocycles. The maximum absolute atomic E-state index is 10.4. The molecular weight excluding hydrogens is 372 g/mol. The highest BCUT2D eigenvalue weighted by atomic mass is 127. The molecule has 0 bridgehead atoms. The summed E-state index contributed by atoms with van der Waals surface area (Å²) in [5.41, 5.74) is 0. The van der Waals surface area contributed by atoms with Crippen molar-refractivity contribution < 1.29 is 4.92 Å². The van der Waals surface area contributed by atoms with E-state index in [9.17, 15) is 10.1 Å². The zero-order valence-corrected chi connectivity index (χ0v) is 10.6. The number of hydrogen-bond donors (Lipinski definition) is 0. The first-order valence-electron chi connectivity index (χ1n) is 3.43. The van der Waals surface area contributed by atoms with Crippen LogP contribution in [0.4, 0.5) is 0 Å². The van der Waals surface area contributed by atoms with Crippen LogP contribution in [0, 0.1) is 10.1 Å². The van der Waals surface area contributed by atoms with Crippen LogP contribution >= 0.6 is 45.2 Å². The Labute approximate surface area is 93.7 Å². The van der Waals surface area contributed by atoms with Crippen molar-refractivity contribution in [3.05, 3.63) is 10.1 Å². The van der Waals surface area contributed by atoms with Crippen LogP contribution in [-0.4, -0.2) is 19.3 Å². The second kappa shape index (κ2) is 6.38. The molecule has 0 saturated heterocycles. The van der Waals surface area contributed by atoms with E-state index in [1.807, 2.05) is 6.92 Å². The Bertz CT molecular complexity index is 130. The summed E-state index contributed by atoms with van der Waals surface area (Å²) in [7, 11) is 0. The Morgan fingerprint density at radius 3 is 2.45 bits per heavy atom. The largest absolute Gasteiger partial charge is 0.264 e. The van der Waals surface area contributed by atoms with Crippen molar-refractivity contribution in [2.75, 3.05) is 4.43 Å². The molecule has 0 spiro atoms. The van der Waals surface area contributed by atoms with Gasteiger partial charge in [0.2, 0.25) is 6.04 Å². The highest BCUT2D eigenvalue weighted by Crippen LogP contribution is 2.14. The predicted octanol–water partition coefficient (Wildman–Crippen LogP) is 2.67. The van der Waals surface area contributed by atoms with Crippen LogP contribution in [0.25, 0.3) is 0 Å². The fourth-order valence-electron chi connectivity index (χ4n) is 0.789. The van der Waals surface area contributed by atoms with Crippen molar-refractivity contribution in [1.29, 1.82) is 0 Å². The van der Waals surface area contributed by atoms with E-state index in [0.29, 0.717) is 6.42 Å². The molecule has 0 amide bonds. The van der Waals surface area contributed by atoms with Crippen LogP contribution in [0.3, 0.4) is 0 Å². The lowest BCUT2D eigenvalue weighted by Gasteiger charge is -2.09. The van der Waals surface area contributed by atoms with E-state index in [-0.39, 0.29) is 14.9 Å². The Morgan fingerprint density at radius 1 is 1.64 bits per heavy atom. The topological polar surface area (TPSA) is 43.1 Å². The second-order valence-electron chi connectivity index (χ2n) is 2.36. The zero-order chi connectivity index (χ0) is 8.85. The molecular formula is C6H11I2NO2. The summed E-state index contributed by atoms with van der Waals surface area (Å²) in [6.07, 6.45) is 1.65. The highest BCUT2D eigenvalue weighted by molar-refractivity contribution is 14.1. The first kappa shape index (κ1) is 11.9. The first-order valence-corrected chi connectivity index (χ1v) is 6.20. The lowest BCUT2D eigenvalue weighted by molar-refractivity contribution is -0.521. The van der Waals surface area contributed by atoms with E-state index in [1.54, 1.807) is 0 Å². The Kier molecular flexibility index (Phi) is 6.88. The molecule has 0 aromatic carbocycles. The third-order valence-corrected chi connectivity index (χ3v) is 3.03. The smallest absolute Gasteiger partial charge is 0.224 e. The predicted molar refractivity (Wildman–Crippen MR) is 62.4 cm³/mol. The molecule has 3 nitrogen and oxygen atoms in total. The van der Waals surface area contributed by atoms with Crippen LogP contribution in [0.15, 0.2) is 0 Å². The highest BCUT2D eigenvalue weighted by Gasteiger charge is 2.24. The van der Waals surface area contributed by atoms with E-state index >= 15 is 0 Å². The molecule has 0 aliphatic carbocycles. The van der Waals surface area contributed by atoms with E-state index in [0.717, 1.165) is 10.8 Å². The maximum atomic E-state index is 10.4. The van der Waals surface area contributed by atoms with Gasteiger partial charge in [0.25, 0.3) is 0 Å². The molecule has 2 atom stereocenters. The summed E-state index contributed by atoms with van der Waals surface area (Å²) in [5, 5.41) is 10.4. The lowest BCUT2D eigenvalue weighted by atomic mass is 10.1. The van der Waals surface area contributed by atoms with Gasteiger partial charge < -0.3 is 0 Å². The molecule has 0 saturated carbocycles. The van der Waals surface area contributed by atoms with Crippen molar-refractivity contribution in [2.24, 2.45) is 0 Å². The molecule has 0 heterocycles. The summed E-state index contributed by atoms with van der Waals surface area (Å²) >= 11 is 4.36. The monoisotopic (exact) mass is 383 g/mol. The first-order chi connectivity index (χ1) is 5.09. The molecule has 0 rings (SSSR count). The lowest BCUT2D eigenvalue weighted by Crippen LogP contribution is -2.27. The average molecular weight is 383 g/mol. The minimum absolute atomic E-state index is 0.130. The Hall–Kier alpha value is 0.860. The number of nitro groups is 1. The molecule has 0 aliphatic rings. The number of rotatable bonds is 5. The Morgan fingerprint density at radius 2 is 2.18 bits per heavy atom. The van der Waals surface area contributed by atoms with Gasteiger partial charge in [0, 0.05) is 11.3 Å². The third-order valence-electron chi connectivity index (χ3n) is 1.43. The summed E-state index contributed by atoms with van der Waals surface area (Å²) in [5.74, 6) is 0. The van der Waals surface area contributed by atoms with Crippen LogP contribution < -0.4 is 0 Å². The van der Waals surface area contributed by atoms with Gasteiger partial charge in [-0.15, -0.1) is 0 Å². The molecule has 0 fully saturated rings. The molecule has 0 aromatic rings. The third kappa shape index (κ3) is 5.15. The molecule has 66 valence electrons. The van der Waals surface area contributed by atoms with Gasteiger partial charge in [-0.1, -0.05) is 45.2 Å². The molecule has 0 aliphatic heterocycles. The molecule has 11 heavy (non-hydrogen) atoms. The number of hydrogen-bond acceptors (Lipinski definition) is 2. The van der Waals surface area contributed by atoms with E-state index in [2.05, 4.69) is 45.2 Å². The van der Waals surface area contributed by atoms with Crippen molar-refractivity contribution in [3.63, 3.8) is 0 Å². The number of nitrogens with zero attached hydrogens (tertiary/aromatic N) is 1. The normalized spacial score (nSPS) is 15.9. The van der Waals surface area contributed by atoms with Gasteiger partial charge in [0.1, 0.15) is 0 Å². The molecule has 0 radical (unpaired) electrons. The fraction of sp³-hybridized carbons (Fsp3) is 1.00. The fourth-order valence-corrected chi connectivity index (χ4v) is 1.85. The molecule has 5 heteroatoms. The minimum atomic E-state index is -0.356.